The number of para-hydroxylation sites is 1. The number of nitrogens with zero attached hydrogens (tertiary/aromatic N) is 2. The van der Waals surface area contributed by atoms with Gasteiger partial charge in [-0.25, -0.2) is 13.4 Å². The fourth-order valence-electron chi connectivity index (χ4n) is 3.27. The zero-order valence-electron chi connectivity index (χ0n) is 17.1. The lowest BCUT2D eigenvalue weighted by atomic mass is 10.2. The smallest absolute Gasteiger partial charge is 0.262 e. The first kappa shape index (κ1) is 21.1. The number of rotatable bonds is 6. The molecule has 0 fully saturated rings. The Morgan fingerprint density at radius 3 is 2.48 bits per heavy atom. The van der Waals surface area contributed by atoms with Crippen LogP contribution in [-0.2, 0) is 15.8 Å². The zero-order valence-corrected chi connectivity index (χ0v) is 18.7. The van der Waals surface area contributed by atoms with E-state index < -0.39 is 10.0 Å². The van der Waals surface area contributed by atoms with Gasteiger partial charge in [0.15, 0.2) is 0 Å². The Bertz CT molecular complexity index is 1430. The molecule has 0 saturated heterocycles. The molecule has 0 radical (unpaired) electrons. The van der Waals surface area contributed by atoms with E-state index in [2.05, 4.69) is 9.71 Å². The van der Waals surface area contributed by atoms with Crippen LogP contribution < -0.4 is 10.3 Å². The number of pyridine rings is 1. The molecule has 0 aliphatic carbocycles. The van der Waals surface area contributed by atoms with Crippen LogP contribution in [0.15, 0.2) is 87.5 Å². The second kappa shape index (κ2) is 8.56. The molecule has 31 heavy (non-hydrogen) atoms. The molecule has 8 heteroatoms. The van der Waals surface area contributed by atoms with E-state index in [1.165, 1.54) is 22.2 Å². The summed E-state index contributed by atoms with van der Waals surface area (Å²) in [6, 6.07) is 19.3. The Morgan fingerprint density at radius 2 is 1.68 bits per heavy atom. The van der Waals surface area contributed by atoms with Gasteiger partial charge < -0.3 is 0 Å². The summed E-state index contributed by atoms with van der Waals surface area (Å²) >= 11 is 1.43. The molecule has 0 unspecified atom stereocenters. The second-order valence-corrected chi connectivity index (χ2v) is 9.79. The molecule has 0 bridgehead atoms. The van der Waals surface area contributed by atoms with Gasteiger partial charge in [0.2, 0.25) is 0 Å². The molecule has 0 atom stereocenters. The Morgan fingerprint density at radius 1 is 0.968 bits per heavy atom. The van der Waals surface area contributed by atoms with Gasteiger partial charge in [-0.15, -0.1) is 11.8 Å². The van der Waals surface area contributed by atoms with Crippen LogP contribution in [0.3, 0.4) is 0 Å². The summed E-state index contributed by atoms with van der Waals surface area (Å²) in [5, 5.41) is 0. The first-order valence-corrected chi connectivity index (χ1v) is 12.1. The molecule has 2 aromatic carbocycles. The summed E-state index contributed by atoms with van der Waals surface area (Å²) in [7, 11) is -3.72. The Balaban J connectivity index is 1.60. The zero-order chi connectivity index (χ0) is 22.0. The van der Waals surface area contributed by atoms with Gasteiger partial charge in [-0.05, 0) is 49.2 Å². The highest BCUT2D eigenvalue weighted by Gasteiger charge is 2.18. The monoisotopic (exact) mass is 451 g/mol. The third kappa shape index (κ3) is 4.50. The SMILES string of the molecule is Cc1ccccc1S(=O)(=O)Nc1ccccc1SCc1cc(=O)n2cccc(C)c2n1. The van der Waals surface area contributed by atoms with Gasteiger partial charge in [-0.1, -0.05) is 36.4 Å². The number of aromatic nitrogens is 2. The molecule has 0 aliphatic rings. The van der Waals surface area contributed by atoms with Crippen molar-refractivity contribution in [1.29, 1.82) is 0 Å². The summed E-state index contributed by atoms with van der Waals surface area (Å²) in [5.74, 6) is 0.434. The number of anilines is 1. The van der Waals surface area contributed by atoms with Crippen molar-refractivity contribution < 1.29 is 8.42 Å². The molecule has 2 heterocycles. The van der Waals surface area contributed by atoms with Crippen LogP contribution in [0.1, 0.15) is 16.8 Å². The summed E-state index contributed by atoms with van der Waals surface area (Å²) in [4.78, 5) is 18.0. The van der Waals surface area contributed by atoms with E-state index in [0.717, 1.165) is 10.5 Å². The molecule has 4 rings (SSSR count). The van der Waals surface area contributed by atoms with Crippen molar-refractivity contribution in [2.45, 2.75) is 29.4 Å². The molecule has 0 saturated carbocycles. The Labute approximate surface area is 185 Å². The van der Waals surface area contributed by atoms with Crippen LogP contribution in [0.2, 0.25) is 0 Å². The topological polar surface area (TPSA) is 80.5 Å². The minimum Gasteiger partial charge on any atom is -0.278 e. The Hall–Kier alpha value is -3.10. The minimum atomic E-state index is -3.72. The van der Waals surface area contributed by atoms with Crippen molar-refractivity contribution in [2.24, 2.45) is 0 Å². The average molecular weight is 452 g/mol. The first-order chi connectivity index (χ1) is 14.8. The maximum atomic E-state index is 12.9. The molecule has 4 aromatic rings. The highest BCUT2D eigenvalue weighted by Crippen LogP contribution is 2.31. The normalized spacial score (nSPS) is 11.5. The number of thioether (sulfide) groups is 1. The molecule has 0 aliphatic heterocycles. The second-order valence-electron chi connectivity index (χ2n) is 7.13. The largest absolute Gasteiger partial charge is 0.278 e. The third-order valence-corrected chi connectivity index (χ3v) is 7.46. The van der Waals surface area contributed by atoms with Gasteiger partial charge in [0.05, 0.1) is 16.3 Å². The van der Waals surface area contributed by atoms with Gasteiger partial charge in [0.25, 0.3) is 15.6 Å². The third-order valence-electron chi connectivity index (χ3n) is 4.83. The highest BCUT2D eigenvalue weighted by atomic mass is 32.2. The fourth-order valence-corrected chi connectivity index (χ4v) is 5.56. The maximum Gasteiger partial charge on any atom is 0.262 e. The van der Waals surface area contributed by atoms with E-state index >= 15 is 0 Å². The predicted molar refractivity (Wildman–Crippen MR) is 124 cm³/mol. The quantitative estimate of drug-likeness (QED) is 0.440. The van der Waals surface area contributed by atoms with Crippen molar-refractivity contribution in [2.75, 3.05) is 4.72 Å². The number of hydrogen-bond acceptors (Lipinski definition) is 5. The van der Waals surface area contributed by atoms with Crippen molar-refractivity contribution >= 4 is 33.1 Å². The number of fused-ring (bicyclic) bond motifs is 1. The lowest BCUT2D eigenvalue weighted by Crippen LogP contribution is -2.16. The molecule has 2 aromatic heterocycles. The highest BCUT2D eigenvalue weighted by molar-refractivity contribution is 7.98. The van der Waals surface area contributed by atoms with E-state index in [0.29, 0.717) is 28.3 Å². The molecule has 0 spiro atoms. The predicted octanol–water partition coefficient (Wildman–Crippen LogP) is 4.40. The van der Waals surface area contributed by atoms with Crippen molar-refractivity contribution in [3.8, 4) is 0 Å². The molecule has 6 nitrogen and oxygen atoms in total. The molecule has 158 valence electrons. The summed E-state index contributed by atoms with van der Waals surface area (Å²) < 4.78 is 30.0. The number of nitrogens with one attached hydrogen (secondary N) is 1. The lowest BCUT2D eigenvalue weighted by Gasteiger charge is -2.13. The van der Waals surface area contributed by atoms with E-state index in [4.69, 9.17) is 0 Å². The van der Waals surface area contributed by atoms with Gasteiger partial charge in [0, 0.05) is 22.9 Å². The molecular formula is C23H21N3O3S2. The van der Waals surface area contributed by atoms with Crippen LogP contribution in [0.25, 0.3) is 5.65 Å². The van der Waals surface area contributed by atoms with E-state index in [-0.39, 0.29) is 10.5 Å². The van der Waals surface area contributed by atoms with Crippen LogP contribution in [-0.4, -0.2) is 17.8 Å². The fraction of sp³-hybridized carbons (Fsp3) is 0.130. The summed E-state index contributed by atoms with van der Waals surface area (Å²) in [6.07, 6.45) is 1.70. The molecular weight excluding hydrogens is 430 g/mol. The minimum absolute atomic E-state index is 0.141. The van der Waals surface area contributed by atoms with Gasteiger partial charge >= 0.3 is 0 Å². The van der Waals surface area contributed by atoms with Crippen LogP contribution in [0.4, 0.5) is 5.69 Å². The van der Waals surface area contributed by atoms with E-state index in [1.54, 1.807) is 49.5 Å². The van der Waals surface area contributed by atoms with Crippen LogP contribution in [0, 0.1) is 13.8 Å². The van der Waals surface area contributed by atoms with E-state index in [1.807, 2.05) is 31.2 Å². The standard InChI is InChI=1S/C23H21N3O3S2/c1-16-8-3-6-12-21(16)31(28,29)25-19-10-4-5-11-20(19)30-15-18-14-22(27)26-13-7-9-17(2)23(26)24-18/h3-14,25H,15H2,1-2H3. The average Bonchev–Trinajstić information content (AvgIpc) is 2.74. The summed E-state index contributed by atoms with van der Waals surface area (Å²) in [5.41, 5.74) is 3.21. The van der Waals surface area contributed by atoms with Crippen molar-refractivity contribution in [3.05, 3.63) is 100 Å². The van der Waals surface area contributed by atoms with Crippen LogP contribution >= 0.6 is 11.8 Å². The van der Waals surface area contributed by atoms with Gasteiger partial charge in [-0.2, -0.15) is 0 Å². The summed E-state index contributed by atoms with van der Waals surface area (Å²) in [6.45, 7) is 3.68. The lowest BCUT2D eigenvalue weighted by molar-refractivity contribution is 0.600. The number of sulfonamides is 1. The number of aryl methyl sites for hydroxylation is 2. The van der Waals surface area contributed by atoms with Crippen molar-refractivity contribution in [1.82, 2.24) is 9.38 Å². The Kier molecular flexibility index (Phi) is 5.84. The van der Waals surface area contributed by atoms with Crippen molar-refractivity contribution in [3.63, 3.8) is 0 Å². The van der Waals surface area contributed by atoms with Gasteiger partial charge in [-0.3, -0.25) is 13.9 Å². The van der Waals surface area contributed by atoms with Gasteiger partial charge in [0.1, 0.15) is 5.65 Å². The molecule has 1 N–H and O–H groups in total. The van der Waals surface area contributed by atoms with Crippen LogP contribution in [0.5, 0.6) is 0 Å². The first-order valence-electron chi connectivity index (χ1n) is 9.63. The number of benzene rings is 2. The maximum absolute atomic E-state index is 12.9. The number of hydrogen-bond donors (Lipinski definition) is 1. The van der Waals surface area contributed by atoms with E-state index in [9.17, 15) is 13.2 Å². The molecule has 0 amide bonds.